The molecule has 2 atom stereocenters. The van der Waals surface area contributed by atoms with E-state index in [0.717, 1.165) is 0 Å². The van der Waals surface area contributed by atoms with E-state index in [9.17, 15) is 14.0 Å². The number of hydrogen-bond donors (Lipinski definition) is 3. The van der Waals surface area contributed by atoms with E-state index < -0.39 is 18.0 Å². The molecule has 0 bridgehead atoms. The van der Waals surface area contributed by atoms with E-state index in [2.05, 4.69) is 10.8 Å². The monoisotopic (exact) mass is 427 g/mol. The lowest BCUT2D eigenvalue weighted by Crippen LogP contribution is -2.30. The molecule has 3 N–H and O–H groups in total. The maximum Gasteiger partial charge on any atom is 0.414 e. The highest BCUT2D eigenvalue weighted by Gasteiger charge is 2.31. The Bertz CT molecular complexity index is 1020. The molecule has 162 valence electrons. The van der Waals surface area contributed by atoms with E-state index in [1.54, 1.807) is 42.5 Å². The summed E-state index contributed by atoms with van der Waals surface area (Å²) in [6.45, 7) is 1.78. The zero-order chi connectivity index (χ0) is 22.0. The number of carbonyl (C=O) groups is 2. The van der Waals surface area contributed by atoms with Gasteiger partial charge >= 0.3 is 6.09 Å². The van der Waals surface area contributed by atoms with Gasteiger partial charge in [-0.15, -0.1) is 0 Å². The predicted molar refractivity (Wildman–Crippen MR) is 111 cm³/mol. The molecule has 0 radical (unpaired) electrons. The molecule has 2 unspecified atom stereocenters. The number of hydroxylamine groups is 1. The van der Waals surface area contributed by atoms with E-state index in [4.69, 9.17) is 14.7 Å². The minimum atomic E-state index is -0.544. The van der Waals surface area contributed by atoms with Crippen LogP contribution < -0.4 is 15.7 Å². The largest absolute Gasteiger partial charge is 0.441 e. The second-order valence-electron chi connectivity index (χ2n) is 7.32. The van der Waals surface area contributed by atoms with Crippen molar-refractivity contribution in [1.82, 2.24) is 10.8 Å². The number of nitrogens with zero attached hydrogens (tertiary/aromatic N) is 1. The first kappa shape index (κ1) is 20.8. The predicted octanol–water partition coefficient (Wildman–Crippen LogP) is 2.19. The fraction of sp³-hybridized carbons (Fsp3) is 0.273. The van der Waals surface area contributed by atoms with Crippen LogP contribution in [0.4, 0.5) is 14.9 Å². The van der Waals surface area contributed by atoms with Crippen molar-refractivity contribution in [3.63, 3.8) is 0 Å². The van der Waals surface area contributed by atoms with E-state index >= 15 is 0 Å². The number of amides is 2. The normalized spacial score (nSPS) is 20.3. The molecule has 4 rings (SSSR count). The van der Waals surface area contributed by atoms with Crippen molar-refractivity contribution < 1.29 is 28.7 Å². The highest BCUT2D eigenvalue weighted by Crippen LogP contribution is 2.29. The quantitative estimate of drug-likeness (QED) is 0.654. The molecule has 2 aromatic carbocycles. The fourth-order valence-corrected chi connectivity index (χ4v) is 3.46. The van der Waals surface area contributed by atoms with Gasteiger partial charge in [0.2, 0.25) is 5.91 Å². The third-order valence-electron chi connectivity index (χ3n) is 5.07. The van der Waals surface area contributed by atoms with E-state index in [-0.39, 0.29) is 25.2 Å². The molecule has 2 aliphatic heterocycles. The van der Waals surface area contributed by atoms with Gasteiger partial charge in [0.1, 0.15) is 18.0 Å². The third kappa shape index (κ3) is 4.52. The number of ether oxygens (including phenoxy) is 1. The summed E-state index contributed by atoms with van der Waals surface area (Å²) in [4.78, 5) is 29.7. The molecular formula is C22H22FN3O5. The van der Waals surface area contributed by atoms with Crippen LogP contribution in [0.15, 0.2) is 48.5 Å². The van der Waals surface area contributed by atoms with Crippen molar-refractivity contribution in [2.45, 2.75) is 19.1 Å². The van der Waals surface area contributed by atoms with Gasteiger partial charge in [-0.3, -0.25) is 20.0 Å². The summed E-state index contributed by atoms with van der Waals surface area (Å²) in [5.41, 5.74) is 5.70. The number of anilines is 1. The Morgan fingerprint density at radius 2 is 2.00 bits per heavy atom. The van der Waals surface area contributed by atoms with Crippen LogP contribution in [0.25, 0.3) is 16.8 Å². The molecule has 2 amide bonds. The van der Waals surface area contributed by atoms with Crippen LogP contribution in [-0.4, -0.2) is 49.0 Å². The van der Waals surface area contributed by atoms with Crippen molar-refractivity contribution in [2.24, 2.45) is 0 Å². The highest BCUT2D eigenvalue weighted by molar-refractivity contribution is 5.90. The van der Waals surface area contributed by atoms with Crippen LogP contribution >= 0.6 is 0 Å². The number of carbonyl (C=O) groups excluding carboxylic acids is 2. The second kappa shape index (κ2) is 8.75. The Hall–Kier alpha value is -3.43. The maximum atomic E-state index is 14.8. The molecule has 2 heterocycles. The van der Waals surface area contributed by atoms with Crippen LogP contribution in [0, 0.1) is 5.82 Å². The topological polar surface area (TPSA) is 100 Å². The molecule has 8 nitrogen and oxygen atoms in total. The number of benzene rings is 2. The Morgan fingerprint density at radius 3 is 2.65 bits per heavy atom. The summed E-state index contributed by atoms with van der Waals surface area (Å²) in [6, 6.07) is 11.7. The SMILES string of the molecule is CC(=O)NCC1C=C(c2ccc(-c3ccc(N4CC(CO)OC4=O)cc3)c(F)c2)NO1. The van der Waals surface area contributed by atoms with Gasteiger partial charge in [0.15, 0.2) is 0 Å². The molecule has 31 heavy (non-hydrogen) atoms. The van der Waals surface area contributed by atoms with Crippen molar-refractivity contribution in [3.8, 4) is 11.1 Å². The van der Waals surface area contributed by atoms with Gasteiger partial charge in [-0.25, -0.2) is 9.18 Å². The average Bonchev–Trinajstić information content (AvgIpc) is 3.39. The molecular weight excluding hydrogens is 405 g/mol. The van der Waals surface area contributed by atoms with Crippen molar-refractivity contribution >= 4 is 23.4 Å². The minimum absolute atomic E-state index is 0.151. The molecule has 2 aromatic rings. The number of aliphatic hydroxyl groups excluding tert-OH is 1. The summed E-state index contributed by atoms with van der Waals surface area (Å²) in [6.07, 6.45) is 0.390. The Kier molecular flexibility index (Phi) is 5.88. The lowest BCUT2D eigenvalue weighted by Gasteiger charge is -2.14. The second-order valence-corrected chi connectivity index (χ2v) is 7.32. The zero-order valence-electron chi connectivity index (χ0n) is 16.8. The smallest absolute Gasteiger partial charge is 0.414 e. The number of aliphatic hydroxyl groups is 1. The zero-order valence-corrected chi connectivity index (χ0v) is 16.8. The molecule has 0 saturated carbocycles. The van der Waals surface area contributed by atoms with Gasteiger partial charge in [0, 0.05) is 23.7 Å². The van der Waals surface area contributed by atoms with Crippen LogP contribution in [0.2, 0.25) is 0 Å². The Balaban J connectivity index is 1.48. The van der Waals surface area contributed by atoms with E-state index in [1.165, 1.54) is 17.9 Å². The first-order chi connectivity index (χ1) is 14.9. The lowest BCUT2D eigenvalue weighted by atomic mass is 10.0. The molecule has 1 saturated heterocycles. The lowest BCUT2D eigenvalue weighted by molar-refractivity contribution is -0.119. The van der Waals surface area contributed by atoms with E-state index in [0.29, 0.717) is 34.6 Å². The molecule has 0 aromatic heterocycles. The van der Waals surface area contributed by atoms with Crippen LogP contribution in [-0.2, 0) is 14.4 Å². The summed E-state index contributed by atoms with van der Waals surface area (Å²) < 4.78 is 19.9. The number of hydrogen-bond acceptors (Lipinski definition) is 6. The molecule has 2 aliphatic rings. The fourth-order valence-electron chi connectivity index (χ4n) is 3.46. The van der Waals surface area contributed by atoms with Crippen LogP contribution in [0.1, 0.15) is 12.5 Å². The number of nitrogens with one attached hydrogen (secondary N) is 2. The number of halogens is 1. The van der Waals surface area contributed by atoms with Gasteiger partial charge < -0.3 is 15.2 Å². The standard InChI is InChI=1S/C22H22FN3O5/c1-13(28)24-10-17-9-21(25-31-17)15-4-7-19(20(23)8-15)14-2-5-16(6-3-14)26-11-18(12-27)30-22(26)29/h2-9,17-18,25,27H,10-12H2,1H3,(H,24,28). The maximum absolute atomic E-state index is 14.8. The van der Waals surface area contributed by atoms with Gasteiger partial charge in [-0.05, 0) is 29.8 Å². The molecule has 1 fully saturated rings. The van der Waals surface area contributed by atoms with Crippen molar-refractivity contribution in [2.75, 3.05) is 24.6 Å². The first-order valence-corrected chi connectivity index (χ1v) is 9.82. The van der Waals surface area contributed by atoms with Crippen molar-refractivity contribution in [3.05, 3.63) is 59.9 Å². The van der Waals surface area contributed by atoms with Gasteiger partial charge in [0.25, 0.3) is 0 Å². The Morgan fingerprint density at radius 1 is 1.26 bits per heavy atom. The first-order valence-electron chi connectivity index (χ1n) is 9.82. The molecule has 0 aliphatic carbocycles. The average molecular weight is 427 g/mol. The van der Waals surface area contributed by atoms with E-state index in [1.807, 2.05) is 0 Å². The number of cyclic esters (lactones) is 1. The molecule has 9 heteroatoms. The van der Waals surface area contributed by atoms with Crippen molar-refractivity contribution in [1.29, 1.82) is 0 Å². The minimum Gasteiger partial charge on any atom is -0.441 e. The summed E-state index contributed by atoms with van der Waals surface area (Å²) in [7, 11) is 0. The van der Waals surface area contributed by atoms with Crippen LogP contribution in [0.5, 0.6) is 0 Å². The number of rotatable bonds is 6. The summed E-state index contributed by atoms with van der Waals surface area (Å²) in [5, 5.41) is 11.8. The van der Waals surface area contributed by atoms with Gasteiger partial charge in [-0.1, -0.05) is 24.3 Å². The van der Waals surface area contributed by atoms with Gasteiger partial charge in [0.05, 0.1) is 25.4 Å². The third-order valence-corrected chi connectivity index (χ3v) is 5.07. The Labute approximate surface area is 178 Å². The molecule has 0 spiro atoms. The highest BCUT2D eigenvalue weighted by atomic mass is 19.1. The summed E-state index contributed by atoms with van der Waals surface area (Å²) >= 11 is 0. The van der Waals surface area contributed by atoms with Crippen LogP contribution in [0.3, 0.4) is 0 Å². The summed E-state index contributed by atoms with van der Waals surface area (Å²) in [5.74, 6) is -0.555. The van der Waals surface area contributed by atoms with Gasteiger partial charge in [-0.2, -0.15) is 0 Å².